The third-order valence-corrected chi connectivity index (χ3v) is 20.4. The van der Waals surface area contributed by atoms with Crippen molar-refractivity contribution in [2.45, 2.75) is 131 Å². The van der Waals surface area contributed by atoms with Gasteiger partial charge in [0.2, 0.25) is 11.8 Å². The molecule has 6 N–H and O–H groups in total. The molecule has 2 unspecified atom stereocenters. The minimum Gasteiger partial charge on any atom is -0.495 e. The molecular formula is C49H69ClN4O20S6. The second-order valence-corrected chi connectivity index (χ2v) is 27.3. The second kappa shape index (κ2) is 30.8. The summed E-state index contributed by atoms with van der Waals surface area (Å²) in [5.74, 6) is -4.69. The first-order chi connectivity index (χ1) is 36.9. The number of anilines is 1. The molecule has 5 rings (SSSR count). The SMILES string of the molecule is C.COc1cc2cc(c1Cl)N(C)C(=O)C[C@H](OC(=O)[C@H](C)N(C)C(=O)CCSSCCC(C(=O)O)S(=O)(=O)O)[C@]1(C)O[C@H]1[C@H](C)[C@@H]1C[C@@](O)(NC(=O)O1)[C@H](OC)/C=C/C=C(\C)C2.O=C(O)C(CCSSc1ccccn1)S(=O)(=O)O. The predicted octanol–water partition coefficient (Wildman–Crippen LogP) is 6.21. The van der Waals surface area contributed by atoms with Crippen molar-refractivity contribution >= 4 is 117 Å². The molecule has 3 aliphatic heterocycles. The number of benzene rings is 1. The van der Waals surface area contributed by atoms with Gasteiger partial charge < -0.3 is 48.8 Å². The van der Waals surface area contributed by atoms with Crippen LogP contribution in [0.2, 0.25) is 5.02 Å². The molecule has 4 heterocycles. The van der Waals surface area contributed by atoms with Gasteiger partial charge in [0.15, 0.2) is 16.2 Å². The molecule has 2 saturated heterocycles. The summed E-state index contributed by atoms with van der Waals surface area (Å²) >= 11 is 6.76. The lowest BCUT2D eigenvalue weighted by molar-refractivity contribution is -0.162. The molecule has 0 aliphatic carbocycles. The molecule has 1 aromatic carbocycles. The Labute approximate surface area is 486 Å². The first-order valence-corrected chi connectivity index (χ1v) is 32.2. The largest absolute Gasteiger partial charge is 0.495 e. The van der Waals surface area contributed by atoms with E-state index in [2.05, 4.69) is 10.3 Å². The summed E-state index contributed by atoms with van der Waals surface area (Å²) < 4.78 is 91.2. The number of nitrogens with one attached hydrogen (secondary N) is 1. The van der Waals surface area contributed by atoms with Crippen LogP contribution >= 0.6 is 54.8 Å². The smallest absolute Gasteiger partial charge is 0.409 e. The summed E-state index contributed by atoms with van der Waals surface area (Å²) in [4.78, 5) is 82.5. The summed E-state index contributed by atoms with van der Waals surface area (Å²) in [6.45, 7) is 6.76. The number of amides is 3. The van der Waals surface area contributed by atoms with Gasteiger partial charge in [0, 0.05) is 63.4 Å². The number of carbonyl (C=O) groups is 6. The highest BCUT2D eigenvalue weighted by Crippen LogP contribution is 2.49. The summed E-state index contributed by atoms with van der Waals surface area (Å²) in [5, 5.41) is 29.2. The number of allylic oxidation sites excluding steroid dienone is 3. The fraction of sp³-hybridized carbons (Fsp3) is 0.571. The van der Waals surface area contributed by atoms with Crippen LogP contribution in [0, 0.1) is 5.92 Å². The normalized spacial score (nSPS) is 25.4. The third kappa shape index (κ3) is 19.7. The zero-order chi connectivity index (χ0) is 59.2. The number of methoxy groups -OCH3 is 2. The average Bonchev–Trinajstić information content (AvgIpc) is 4.16. The molecular weight excluding hydrogens is 1190 g/mol. The van der Waals surface area contributed by atoms with Gasteiger partial charge in [-0.2, -0.15) is 16.8 Å². The summed E-state index contributed by atoms with van der Waals surface area (Å²) in [5.41, 5.74) is -1.20. The predicted molar refractivity (Wildman–Crippen MR) is 305 cm³/mol. The molecule has 24 nitrogen and oxygen atoms in total. The van der Waals surface area contributed by atoms with E-state index in [1.54, 1.807) is 56.5 Å². The molecule has 2 aromatic rings. The zero-order valence-corrected chi connectivity index (χ0v) is 49.9. The van der Waals surface area contributed by atoms with Crippen molar-refractivity contribution in [3.8, 4) is 5.75 Å². The molecule has 10 atom stereocenters. The Morgan fingerprint density at radius 1 is 1.00 bits per heavy atom. The summed E-state index contributed by atoms with van der Waals surface area (Å²) in [7, 11) is 1.39. The van der Waals surface area contributed by atoms with Crippen LogP contribution in [0.15, 0.2) is 65.4 Å². The van der Waals surface area contributed by atoms with Gasteiger partial charge in [-0.3, -0.25) is 33.6 Å². The molecule has 0 spiro atoms. The van der Waals surface area contributed by atoms with Crippen LogP contribution in [-0.4, -0.2) is 185 Å². The molecule has 2 fully saturated rings. The number of epoxide rings is 1. The molecule has 3 amide bonds. The van der Waals surface area contributed by atoms with Crippen molar-refractivity contribution in [3.63, 3.8) is 0 Å². The highest BCUT2D eigenvalue weighted by atomic mass is 35.5. The van der Waals surface area contributed by atoms with Crippen LogP contribution in [0.5, 0.6) is 5.75 Å². The minimum atomic E-state index is -4.77. The number of rotatable bonds is 21. The molecule has 31 heteroatoms. The van der Waals surface area contributed by atoms with E-state index in [0.717, 1.165) is 27.0 Å². The number of carboxylic acids is 2. The number of carbonyl (C=O) groups excluding carboxylic acids is 4. The number of halogens is 1. The van der Waals surface area contributed by atoms with Crippen LogP contribution < -0.4 is 15.0 Å². The van der Waals surface area contributed by atoms with Crippen LogP contribution in [0.3, 0.4) is 0 Å². The standard InChI is InChI=1S/C39H54ClN3O15S3.C9H11NO5S3.CH4/c1-21-10-9-11-29(55-8)39(50)20-27(56-37(49)41-39)22(2)34-38(4,58-34)30(19-32(45)43(6)25-17-24(16-21)18-26(54-7)33(25)40)57-36(48)23(3)42(5)31(44)13-15-60-59-14-12-28(35(46)47)61(51,52)53;11-9(12)7(18(13,14)15)4-6-16-17-8-3-1-2-5-10-8;/h9-11,17-18,22-23,27-30,34,50H,12-16,19-20H2,1-8H3,(H,41,49)(H,46,47)(H,51,52,53);1-3,5,7H,4,6H2,(H,11,12)(H,13,14,15);1H4/b11-9+,21-10+;;/t22-,23+,27+,28?,29-,30+,34+,38+,39+;;/m1../s1. The Morgan fingerprint density at radius 2 is 1.61 bits per heavy atom. The number of hydrogen-bond acceptors (Lipinski definition) is 21. The molecule has 4 bridgehead atoms. The number of pyridine rings is 1. The van der Waals surface area contributed by atoms with Crippen LogP contribution in [0.1, 0.15) is 72.8 Å². The lowest BCUT2D eigenvalue weighted by atomic mass is 9.83. The number of hydrogen-bond donors (Lipinski definition) is 6. The maximum atomic E-state index is 14.2. The van der Waals surface area contributed by atoms with Gasteiger partial charge in [0.05, 0.1) is 25.3 Å². The summed E-state index contributed by atoms with van der Waals surface area (Å²) in [6.07, 6.45) is 1.41. The number of aromatic nitrogens is 1. The van der Waals surface area contributed by atoms with E-state index in [1.165, 1.54) is 77.4 Å². The van der Waals surface area contributed by atoms with Crippen molar-refractivity contribution in [2.24, 2.45) is 5.92 Å². The molecule has 80 heavy (non-hydrogen) atoms. The van der Waals surface area contributed by atoms with Gasteiger partial charge in [-0.15, -0.1) is 0 Å². The molecule has 448 valence electrons. The molecule has 0 saturated carbocycles. The number of esters is 1. The van der Waals surface area contributed by atoms with E-state index in [-0.39, 0.29) is 55.4 Å². The van der Waals surface area contributed by atoms with E-state index >= 15 is 0 Å². The lowest BCUT2D eigenvalue weighted by Crippen LogP contribution is -2.63. The van der Waals surface area contributed by atoms with E-state index in [4.69, 9.17) is 54.6 Å². The number of likely N-dealkylation sites (N-methyl/N-ethyl adjacent to an activating group) is 1. The zero-order valence-electron chi connectivity index (χ0n) is 44.2. The topological polar surface area (TPSA) is 353 Å². The monoisotopic (exact) mass is 1260 g/mol. The van der Waals surface area contributed by atoms with Gasteiger partial charge in [-0.25, -0.2) is 14.6 Å². The highest BCUT2D eigenvalue weighted by molar-refractivity contribution is 8.77. The Kier molecular flexibility index (Phi) is 26.9. The number of aliphatic carboxylic acids is 2. The number of nitrogens with zero attached hydrogens (tertiary/aromatic N) is 3. The number of ether oxygens (including phenoxy) is 5. The van der Waals surface area contributed by atoms with Gasteiger partial charge in [-0.1, -0.05) is 88.2 Å². The van der Waals surface area contributed by atoms with Gasteiger partial charge in [0.25, 0.3) is 20.2 Å². The van der Waals surface area contributed by atoms with Crippen molar-refractivity contribution in [3.05, 3.63) is 70.9 Å². The fourth-order valence-electron chi connectivity index (χ4n) is 8.25. The number of fused-ring (bicyclic) bond motifs is 5. The van der Waals surface area contributed by atoms with Crippen molar-refractivity contribution in [1.82, 2.24) is 15.2 Å². The van der Waals surface area contributed by atoms with E-state index in [1.807, 2.05) is 19.1 Å². The third-order valence-electron chi connectivity index (χ3n) is 13.0. The summed E-state index contributed by atoms with van der Waals surface area (Å²) in [6, 6.07) is 7.74. The van der Waals surface area contributed by atoms with Crippen molar-refractivity contribution in [2.75, 3.05) is 50.5 Å². The number of aliphatic hydroxyl groups is 1. The number of carboxylic acid groups (broad SMARTS) is 2. The van der Waals surface area contributed by atoms with Gasteiger partial charge in [0.1, 0.15) is 45.8 Å². The first-order valence-electron chi connectivity index (χ1n) is 24.1. The fourth-order valence-corrected chi connectivity index (χ4v) is 14.2. The van der Waals surface area contributed by atoms with E-state index in [9.17, 15) is 50.7 Å². The highest BCUT2D eigenvalue weighted by Gasteiger charge is 2.64. The van der Waals surface area contributed by atoms with Crippen molar-refractivity contribution in [1.29, 1.82) is 0 Å². The second-order valence-electron chi connectivity index (χ2n) is 18.6. The van der Waals surface area contributed by atoms with Gasteiger partial charge in [-0.05, 0) is 80.7 Å². The van der Waals surface area contributed by atoms with Crippen LogP contribution in [0.25, 0.3) is 0 Å². The van der Waals surface area contributed by atoms with Crippen molar-refractivity contribution < 1.29 is 93.7 Å². The van der Waals surface area contributed by atoms with E-state index < -0.39 is 121 Å². The quantitative estimate of drug-likeness (QED) is 0.0266. The van der Waals surface area contributed by atoms with E-state index in [0.29, 0.717) is 17.9 Å². The Bertz CT molecular complexity index is 2800. The average molecular weight is 1260 g/mol. The Balaban J connectivity index is 0.000000750. The molecule has 3 aliphatic rings. The van der Waals surface area contributed by atoms with Gasteiger partial charge >= 0.3 is 24.0 Å². The lowest BCUT2D eigenvalue weighted by Gasteiger charge is -2.42. The Morgan fingerprint density at radius 3 is 2.17 bits per heavy atom. The van der Waals surface area contributed by atoms with Crippen LogP contribution in [0.4, 0.5) is 10.5 Å². The maximum Gasteiger partial charge on any atom is 0.409 e. The molecule has 1 aromatic heterocycles. The maximum absolute atomic E-state index is 14.2. The minimum absolute atomic E-state index is 0. The number of alkyl carbamates (subject to hydrolysis) is 1. The first kappa shape index (κ1) is 69.9. The Hall–Kier alpha value is -4.34. The molecule has 0 radical (unpaired) electrons. The van der Waals surface area contributed by atoms with Crippen LogP contribution in [-0.2, 0) is 69.6 Å².